The Morgan fingerprint density at radius 3 is 2.58 bits per heavy atom. The van der Waals surface area contributed by atoms with Gasteiger partial charge < -0.3 is 20.5 Å². The molecule has 0 fully saturated rings. The van der Waals surface area contributed by atoms with E-state index in [2.05, 4.69) is 15.4 Å². The Hall–Kier alpha value is -2.28. The minimum Gasteiger partial charge on any atom is -0.478 e. The van der Waals surface area contributed by atoms with Gasteiger partial charge in [0.1, 0.15) is 6.54 Å². The molecule has 102 valence electrons. The minimum atomic E-state index is -1.12. The Balaban J connectivity index is 2.64. The second kappa shape index (κ2) is 6.60. The summed E-state index contributed by atoms with van der Waals surface area (Å²) in [6.07, 6.45) is 0. The molecule has 0 aromatic heterocycles. The first kappa shape index (κ1) is 14.8. The van der Waals surface area contributed by atoms with E-state index in [1.165, 1.54) is 25.3 Å². The molecule has 0 heterocycles. The molecule has 1 aromatic carbocycles. The Morgan fingerprint density at radius 1 is 1.37 bits per heavy atom. The summed E-state index contributed by atoms with van der Waals surface area (Å²) in [6, 6.07) is 3.20. The molecule has 0 radical (unpaired) electrons. The number of amides is 2. The topological polar surface area (TPSA) is 105 Å². The summed E-state index contributed by atoms with van der Waals surface area (Å²) in [4.78, 5) is 32.9. The lowest BCUT2D eigenvalue weighted by molar-refractivity contribution is -0.139. The van der Waals surface area contributed by atoms with Crippen molar-refractivity contribution < 1.29 is 24.2 Å². The molecule has 0 aliphatic rings. The number of urea groups is 1. The fourth-order valence-corrected chi connectivity index (χ4v) is 1.37. The van der Waals surface area contributed by atoms with Crippen LogP contribution in [0.4, 0.5) is 10.5 Å². The van der Waals surface area contributed by atoms with Crippen LogP contribution < -0.4 is 10.6 Å². The Morgan fingerprint density at radius 2 is 2.05 bits per heavy atom. The number of methoxy groups -OCH3 is 1. The summed E-state index contributed by atoms with van der Waals surface area (Å²) in [5.74, 6) is -1.72. The highest BCUT2D eigenvalue weighted by Gasteiger charge is 2.10. The largest absolute Gasteiger partial charge is 0.478 e. The van der Waals surface area contributed by atoms with Crippen LogP contribution >= 0.6 is 11.6 Å². The summed E-state index contributed by atoms with van der Waals surface area (Å²) >= 11 is 5.81. The molecule has 0 saturated carbocycles. The number of hydrogen-bond donors (Lipinski definition) is 3. The first-order chi connectivity index (χ1) is 8.93. The van der Waals surface area contributed by atoms with Crippen molar-refractivity contribution in [3.63, 3.8) is 0 Å². The molecular weight excluding hydrogens is 276 g/mol. The monoisotopic (exact) mass is 286 g/mol. The molecule has 0 aliphatic heterocycles. The van der Waals surface area contributed by atoms with E-state index < -0.39 is 18.0 Å². The highest BCUT2D eigenvalue weighted by molar-refractivity contribution is 6.34. The van der Waals surface area contributed by atoms with Gasteiger partial charge in [-0.3, -0.25) is 4.79 Å². The lowest BCUT2D eigenvalue weighted by atomic mass is 10.2. The van der Waals surface area contributed by atoms with Crippen LogP contribution in [0.2, 0.25) is 5.02 Å². The third-order valence-corrected chi connectivity index (χ3v) is 2.40. The number of benzene rings is 1. The fourth-order valence-electron chi connectivity index (χ4n) is 1.14. The van der Waals surface area contributed by atoms with E-state index in [0.717, 1.165) is 0 Å². The van der Waals surface area contributed by atoms with Gasteiger partial charge in [-0.25, -0.2) is 9.59 Å². The maximum atomic E-state index is 11.4. The van der Waals surface area contributed by atoms with E-state index in [9.17, 15) is 14.4 Å². The second-order valence-corrected chi connectivity index (χ2v) is 3.79. The number of carboxylic acids is 1. The van der Waals surface area contributed by atoms with E-state index in [4.69, 9.17) is 16.7 Å². The molecule has 0 unspecified atom stereocenters. The highest BCUT2D eigenvalue weighted by atomic mass is 35.5. The molecule has 0 atom stereocenters. The Labute approximate surface area is 113 Å². The molecule has 2 amide bonds. The number of halogens is 1. The van der Waals surface area contributed by atoms with Crippen LogP contribution in [0.5, 0.6) is 0 Å². The summed E-state index contributed by atoms with van der Waals surface area (Å²) in [6.45, 7) is -0.285. The summed E-state index contributed by atoms with van der Waals surface area (Å²) < 4.78 is 4.34. The standard InChI is InChI=1S/C11H11ClN2O5/c1-19-9(15)5-13-11(18)14-8-3-2-6(10(16)17)4-7(8)12/h2-4H,5H2,1H3,(H,16,17)(H2,13,14,18). The zero-order valence-electron chi connectivity index (χ0n) is 9.90. The molecule has 1 rings (SSSR count). The number of aromatic carboxylic acids is 1. The van der Waals surface area contributed by atoms with Crippen molar-refractivity contribution >= 4 is 35.3 Å². The van der Waals surface area contributed by atoms with Gasteiger partial charge in [0, 0.05) is 0 Å². The highest BCUT2D eigenvalue weighted by Crippen LogP contribution is 2.22. The van der Waals surface area contributed by atoms with Gasteiger partial charge in [0.15, 0.2) is 0 Å². The maximum absolute atomic E-state index is 11.4. The quantitative estimate of drug-likeness (QED) is 0.724. The van der Waals surface area contributed by atoms with Crippen molar-refractivity contribution in [1.82, 2.24) is 5.32 Å². The van der Waals surface area contributed by atoms with Crippen molar-refractivity contribution in [3.8, 4) is 0 Å². The van der Waals surface area contributed by atoms with Crippen molar-refractivity contribution in [3.05, 3.63) is 28.8 Å². The zero-order chi connectivity index (χ0) is 14.4. The molecule has 19 heavy (non-hydrogen) atoms. The molecular formula is C11H11ClN2O5. The lowest BCUT2D eigenvalue weighted by Crippen LogP contribution is -2.33. The first-order valence-electron chi connectivity index (χ1n) is 5.08. The average molecular weight is 287 g/mol. The number of ether oxygens (including phenoxy) is 1. The number of hydrogen-bond acceptors (Lipinski definition) is 4. The predicted molar refractivity (Wildman–Crippen MR) is 67.4 cm³/mol. The molecule has 0 bridgehead atoms. The molecule has 8 heteroatoms. The van der Waals surface area contributed by atoms with Crippen LogP contribution in [0.15, 0.2) is 18.2 Å². The van der Waals surface area contributed by atoms with Crippen molar-refractivity contribution in [1.29, 1.82) is 0 Å². The normalized spacial score (nSPS) is 9.58. The molecule has 7 nitrogen and oxygen atoms in total. The van der Waals surface area contributed by atoms with Gasteiger partial charge in [-0.1, -0.05) is 11.6 Å². The van der Waals surface area contributed by atoms with Crippen molar-refractivity contribution in [2.75, 3.05) is 19.0 Å². The van der Waals surface area contributed by atoms with Crippen LogP contribution in [0.1, 0.15) is 10.4 Å². The van der Waals surface area contributed by atoms with Gasteiger partial charge in [-0.15, -0.1) is 0 Å². The van der Waals surface area contributed by atoms with Gasteiger partial charge in [-0.2, -0.15) is 0 Å². The van der Waals surface area contributed by atoms with Gasteiger partial charge in [0.25, 0.3) is 0 Å². The fraction of sp³-hybridized carbons (Fsp3) is 0.182. The number of carbonyl (C=O) groups is 3. The van der Waals surface area contributed by atoms with E-state index >= 15 is 0 Å². The van der Waals surface area contributed by atoms with E-state index in [-0.39, 0.29) is 22.8 Å². The third-order valence-electron chi connectivity index (χ3n) is 2.09. The number of nitrogens with one attached hydrogen (secondary N) is 2. The molecule has 0 saturated heterocycles. The van der Waals surface area contributed by atoms with Crippen LogP contribution in [-0.4, -0.2) is 36.7 Å². The summed E-state index contributed by atoms with van der Waals surface area (Å²) in [7, 11) is 1.20. The van der Waals surface area contributed by atoms with E-state index in [1.807, 2.05) is 0 Å². The van der Waals surface area contributed by atoms with Gasteiger partial charge >= 0.3 is 18.0 Å². The van der Waals surface area contributed by atoms with Crippen LogP contribution in [-0.2, 0) is 9.53 Å². The summed E-state index contributed by atoms with van der Waals surface area (Å²) in [5.41, 5.74) is 0.236. The summed E-state index contributed by atoms with van der Waals surface area (Å²) in [5, 5.41) is 13.4. The van der Waals surface area contributed by atoms with Crippen molar-refractivity contribution in [2.24, 2.45) is 0 Å². The van der Waals surface area contributed by atoms with Gasteiger partial charge in [0.2, 0.25) is 0 Å². The smallest absolute Gasteiger partial charge is 0.335 e. The van der Waals surface area contributed by atoms with Crippen LogP contribution in [0, 0.1) is 0 Å². The minimum absolute atomic E-state index is 0.00511. The lowest BCUT2D eigenvalue weighted by Gasteiger charge is -2.08. The van der Waals surface area contributed by atoms with Crippen LogP contribution in [0.3, 0.4) is 0 Å². The number of carbonyl (C=O) groups excluding carboxylic acids is 2. The predicted octanol–water partition coefficient (Wildman–Crippen LogP) is 1.33. The number of rotatable bonds is 4. The van der Waals surface area contributed by atoms with Crippen molar-refractivity contribution in [2.45, 2.75) is 0 Å². The maximum Gasteiger partial charge on any atom is 0.335 e. The van der Waals surface area contributed by atoms with Gasteiger partial charge in [-0.05, 0) is 18.2 Å². The zero-order valence-corrected chi connectivity index (χ0v) is 10.7. The SMILES string of the molecule is COC(=O)CNC(=O)Nc1ccc(C(=O)O)cc1Cl. The average Bonchev–Trinajstić information content (AvgIpc) is 2.38. The third kappa shape index (κ3) is 4.47. The number of esters is 1. The number of carboxylic acid groups (broad SMARTS) is 1. The number of anilines is 1. The van der Waals surface area contributed by atoms with Gasteiger partial charge in [0.05, 0.1) is 23.4 Å². The Bertz CT molecular complexity index is 518. The van der Waals surface area contributed by atoms with E-state index in [0.29, 0.717) is 0 Å². The molecule has 0 spiro atoms. The first-order valence-corrected chi connectivity index (χ1v) is 5.46. The van der Waals surface area contributed by atoms with Crippen LogP contribution in [0.25, 0.3) is 0 Å². The Kier molecular flexibility index (Phi) is 5.13. The molecule has 0 aliphatic carbocycles. The molecule has 1 aromatic rings. The second-order valence-electron chi connectivity index (χ2n) is 3.38. The molecule has 3 N–H and O–H groups in total. The van der Waals surface area contributed by atoms with E-state index in [1.54, 1.807) is 0 Å².